The highest BCUT2D eigenvalue weighted by molar-refractivity contribution is 7.89. The zero-order valence-corrected chi connectivity index (χ0v) is 19.9. The number of benzene rings is 2. The summed E-state index contributed by atoms with van der Waals surface area (Å²) < 4.78 is 40.3. The van der Waals surface area contributed by atoms with Crippen LogP contribution in [0.3, 0.4) is 0 Å². The second-order valence-corrected chi connectivity index (χ2v) is 10.7. The Kier molecular flexibility index (Phi) is 7.30. The Morgan fingerprint density at radius 2 is 1.68 bits per heavy atom. The number of hydrogen-bond donors (Lipinski definition) is 1. The summed E-state index contributed by atoms with van der Waals surface area (Å²) in [5, 5.41) is 2.89. The lowest BCUT2D eigenvalue weighted by molar-refractivity contribution is -0.126. The highest BCUT2D eigenvalue weighted by Crippen LogP contribution is 2.25. The van der Waals surface area contributed by atoms with Gasteiger partial charge in [-0.25, -0.2) is 12.8 Å². The van der Waals surface area contributed by atoms with Crippen LogP contribution in [0.2, 0.25) is 0 Å². The number of rotatable bonds is 7. The van der Waals surface area contributed by atoms with Gasteiger partial charge in [-0.15, -0.1) is 0 Å². The minimum absolute atomic E-state index is 0.124. The van der Waals surface area contributed by atoms with Crippen LogP contribution in [0.15, 0.2) is 53.4 Å². The number of sulfonamides is 1. The van der Waals surface area contributed by atoms with Crippen molar-refractivity contribution in [3.8, 4) is 0 Å². The van der Waals surface area contributed by atoms with Crippen molar-refractivity contribution in [2.75, 3.05) is 50.7 Å². The molecule has 0 aromatic heterocycles. The van der Waals surface area contributed by atoms with Crippen molar-refractivity contribution in [1.29, 1.82) is 0 Å². The first-order chi connectivity index (χ1) is 16.2. The number of carbonyl (C=O) groups excluding carboxylic acids is 2. The van der Waals surface area contributed by atoms with E-state index in [1.54, 1.807) is 24.3 Å². The number of piperazine rings is 1. The van der Waals surface area contributed by atoms with Crippen LogP contribution < -0.4 is 10.2 Å². The van der Waals surface area contributed by atoms with E-state index < -0.39 is 15.9 Å². The van der Waals surface area contributed by atoms with E-state index in [0.29, 0.717) is 49.9 Å². The van der Waals surface area contributed by atoms with Gasteiger partial charge in [0.25, 0.3) is 0 Å². The normalized spacial score (nSPS) is 20.0. The van der Waals surface area contributed by atoms with Gasteiger partial charge in [0, 0.05) is 57.9 Å². The van der Waals surface area contributed by atoms with Gasteiger partial charge in [-0.3, -0.25) is 14.5 Å². The minimum atomic E-state index is -3.50. The maximum Gasteiger partial charge on any atom is 0.243 e. The van der Waals surface area contributed by atoms with Crippen molar-refractivity contribution in [2.45, 2.75) is 18.2 Å². The predicted molar refractivity (Wildman–Crippen MR) is 126 cm³/mol. The Bertz CT molecular complexity index is 1130. The lowest BCUT2D eigenvalue weighted by Gasteiger charge is -2.34. The quantitative estimate of drug-likeness (QED) is 0.640. The molecule has 2 saturated heterocycles. The molecule has 2 aromatic carbocycles. The first-order valence-corrected chi connectivity index (χ1v) is 12.8. The van der Waals surface area contributed by atoms with Crippen molar-refractivity contribution >= 4 is 27.5 Å². The van der Waals surface area contributed by atoms with Gasteiger partial charge in [0.1, 0.15) is 5.82 Å². The van der Waals surface area contributed by atoms with E-state index in [-0.39, 0.29) is 30.6 Å². The highest BCUT2D eigenvalue weighted by atomic mass is 32.2. The SMILES string of the molecule is Cc1ccc(S(=O)(=O)N2CCN(CCNC(=O)C3CC(=O)N(c4ccc(F)cc4)C3)CC2)cc1. The largest absolute Gasteiger partial charge is 0.355 e. The van der Waals surface area contributed by atoms with E-state index in [1.807, 2.05) is 6.92 Å². The van der Waals surface area contributed by atoms with Gasteiger partial charge in [0.15, 0.2) is 0 Å². The molecule has 1 N–H and O–H groups in total. The molecule has 8 nitrogen and oxygen atoms in total. The van der Waals surface area contributed by atoms with E-state index in [9.17, 15) is 22.4 Å². The Balaban J connectivity index is 1.21. The van der Waals surface area contributed by atoms with E-state index in [0.717, 1.165) is 5.56 Å². The molecule has 0 bridgehead atoms. The number of carbonyl (C=O) groups is 2. The zero-order valence-electron chi connectivity index (χ0n) is 19.1. The molecule has 0 saturated carbocycles. The van der Waals surface area contributed by atoms with Crippen molar-refractivity contribution in [3.05, 3.63) is 59.9 Å². The molecule has 2 aromatic rings. The Morgan fingerprint density at radius 1 is 1.03 bits per heavy atom. The average Bonchev–Trinajstić information content (AvgIpc) is 3.22. The monoisotopic (exact) mass is 488 g/mol. The Labute approximate surface area is 199 Å². The number of halogens is 1. The van der Waals surface area contributed by atoms with Gasteiger partial charge in [-0.1, -0.05) is 17.7 Å². The van der Waals surface area contributed by atoms with Crippen molar-refractivity contribution in [1.82, 2.24) is 14.5 Å². The van der Waals surface area contributed by atoms with Crippen LogP contribution in [0, 0.1) is 18.7 Å². The van der Waals surface area contributed by atoms with Crippen LogP contribution in [0.5, 0.6) is 0 Å². The van der Waals surface area contributed by atoms with Crippen LogP contribution in [0.4, 0.5) is 10.1 Å². The summed E-state index contributed by atoms with van der Waals surface area (Å²) in [6.45, 7) is 5.17. The van der Waals surface area contributed by atoms with Crippen LogP contribution in [0.25, 0.3) is 0 Å². The molecule has 0 spiro atoms. The van der Waals surface area contributed by atoms with E-state index in [1.165, 1.54) is 33.5 Å². The smallest absolute Gasteiger partial charge is 0.243 e. The molecular weight excluding hydrogens is 459 g/mol. The molecule has 34 heavy (non-hydrogen) atoms. The summed E-state index contributed by atoms with van der Waals surface area (Å²) in [6.07, 6.45) is 0.124. The summed E-state index contributed by atoms with van der Waals surface area (Å²) >= 11 is 0. The van der Waals surface area contributed by atoms with Crippen LogP contribution in [-0.2, 0) is 19.6 Å². The lowest BCUT2D eigenvalue weighted by atomic mass is 10.1. The predicted octanol–water partition coefficient (Wildman–Crippen LogP) is 1.61. The number of nitrogens with one attached hydrogen (secondary N) is 1. The summed E-state index contributed by atoms with van der Waals surface area (Å²) in [5.41, 5.74) is 1.59. The second-order valence-electron chi connectivity index (χ2n) is 8.73. The van der Waals surface area contributed by atoms with Crippen molar-refractivity contribution < 1.29 is 22.4 Å². The van der Waals surface area contributed by atoms with Gasteiger partial charge >= 0.3 is 0 Å². The molecule has 0 radical (unpaired) electrons. The third-order valence-corrected chi connectivity index (χ3v) is 8.26. The van der Waals surface area contributed by atoms with Crippen LogP contribution in [-0.4, -0.2) is 75.3 Å². The number of nitrogens with zero attached hydrogens (tertiary/aromatic N) is 3. The second kappa shape index (κ2) is 10.2. The first kappa shape index (κ1) is 24.3. The van der Waals surface area contributed by atoms with E-state index in [4.69, 9.17) is 0 Å². The van der Waals surface area contributed by atoms with E-state index >= 15 is 0 Å². The van der Waals surface area contributed by atoms with Crippen LogP contribution >= 0.6 is 0 Å². The molecule has 182 valence electrons. The summed E-state index contributed by atoms with van der Waals surface area (Å²) in [5.74, 6) is -1.16. The van der Waals surface area contributed by atoms with Gasteiger partial charge in [-0.05, 0) is 43.3 Å². The molecule has 4 rings (SSSR count). The average molecular weight is 489 g/mol. The van der Waals surface area contributed by atoms with E-state index in [2.05, 4.69) is 10.2 Å². The fraction of sp³-hybridized carbons (Fsp3) is 0.417. The number of anilines is 1. The molecule has 1 atom stereocenters. The Hall–Kier alpha value is -2.82. The maximum atomic E-state index is 13.1. The van der Waals surface area contributed by atoms with Crippen molar-refractivity contribution in [2.24, 2.45) is 5.92 Å². The third-order valence-electron chi connectivity index (χ3n) is 6.35. The molecular formula is C24H29FN4O4S. The fourth-order valence-electron chi connectivity index (χ4n) is 4.29. The topological polar surface area (TPSA) is 90.0 Å². The zero-order chi connectivity index (χ0) is 24.3. The standard InChI is InChI=1S/C24H29FN4O4S/c1-18-2-8-22(9-3-18)34(32,33)28-14-12-27(13-15-28)11-10-26-24(31)19-16-23(30)29(17-19)21-6-4-20(25)5-7-21/h2-9,19H,10-17H2,1H3,(H,26,31). The number of amides is 2. The molecule has 10 heteroatoms. The van der Waals surface area contributed by atoms with Gasteiger partial charge in [0.2, 0.25) is 21.8 Å². The number of aryl methyl sites for hydroxylation is 1. The maximum absolute atomic E-state index is 13.1. The van der Waals surface area contributed by atoms with Crippen molar-refractivity contribution in [3.63, 3.8) is 0 Å². The molecule has 0 aliphatic carbocycles. The minimum Gasteiger partial charge on any atom is -0.355 e. The third kappa shape index (κ3) is 5.45. The number of hydrogen-bond acceptors (Lipinski definition) is 5. The first-order valence-electron chi connectivity index (χ1n) is 11.4. The fourth-order valence-corrected chi connectivity index (χ4v) is 5.71. The molecule has 2 aliphatic rings. The van der Waals surface area contributed by atoms with Crippen LogP contribution in [0.1, 0.15) is 12.0 Å². The summed E-state index contributed by atoms with van der Waals surface area (Å²) in [7, 11) is -3.50. The summed E-state index contributed by atoms with van der Waals surface area (Å²) in [6, 6.07) is 12.5. The lowest BCUT2D eigenvalue weighted by Crippen LogP contribution is -2.50. The Morgan fingerprint density at radius 3 is 2.32 bits per heavy atom. The van der Waals surface area contributed by atoms with Gasteiger partial charge in [0.05, 0.1) is 10.8 Å². The molecule has 2 amide bonds. The highest BCUT2D eigenvalue weighted by Gasteiger charge is 2.35. The molecule has 2 aliphatic heterocycles. The van der Waals surface area contributed by atoms with Gasteiger partial charge in [-0.2, -0.15) is 4.31 Å². The summed E-state index contributed by atoms with van der Waals surface area (Å²) in [4.78, 5) is 28.8. The van der Waals surface area contributed by atoms with Gasteiger partial charge < -0.3 is 10.2 Å². The molecule has 2 heterocycles. The molecule has 2 fully saturated rings. The molecule has 1 unspecified atom stereocenters.